The molecule has 0 N–H and O–H groups in total. The fraction of sp³-hybridized carbons (Fsp3) is 0.500. The third-order valence-electron chi connectivity index (χ3n) is 1.72. The summed E-state index contributed by atoms with van der Waals surface area (Å²) in [4.78, 5) is 11.4. The quantitative estimate of drug-likeness (QED) is 0.670. The first-order valence-electron chi connectivity index (χ1n) is 4.27. The standard InChI is InChI=1S/C10H14O3/c1-7(2)10(11)9-5-4-8(13-9)6-12-3/h4-5,7H,6H2,1-3H3. The first-order valence-corrected chi connectivity index (χ1v) is 4.27. The van der Waals surface area contributed by atoms with E-state index >= 15 is 0 Å². The van der Waals surface area contributed by atoms with Crippen molar-refractivity contribution in [3.8, 4) is 0 Å². The predicted molar refractivity (Wildman–Crippen MR) is 48.6 cm³/mol. The lowest BCUT2D eigenvalue weighted by Crippen LogP contribution is -2.05. The van der Waals surface area contributed by atoms with Gasteiger partial charge < -0.3 is 9.15 Å². The summed E-state index contributed by atoms with van der Waals surface area (Å²) < 4.78 is 10.1. The molecule has 3 heteroatoms. The zero-order chi connectivity index (χ0) is 9.84. The highest BCUT2D eigenvalue weighted by atomic mass is 16.5. The fourth-order valence-electron chi connectivity index (χ4n) is 1.01. The van der Waals surface area contributed by atoms with E-state index in [9.17, 15) is 4.79 Å². The third kappa shape index (κ3) is 2.42. The highest BCUT2D eigenvalue weighted by Gasteiger charge is 2.14. The van der Waals surface area contributed by atoms with Gasteiger partial charge in [0.1, 0.15) is 12.4 Å². The SMILES string of the molecule is COCc1ccc(C(=O)C(C)C)o1. The van der Waals surface area contributed by atoms with Crippen LogP contribution in [0.2, 0.25) is 0 Å². The molecule has 1 aromatic heterocycles. The molecular formula is C10H14O3. The van der Waals surface area contributed by atoms with Crippen LogP contribution in [-0.4, -0.2) is 12.9 Å². The third-order valence-corrected chi connectivity index (χ3v) is 1.72. The van der Waals surface area contributed by atoms with Crippen LogP contribution < -0.4 is 0 Å². The predicted octanol–water partition coefficient (Wildman–Crippen LogP) is 2.26. The van der Waals surface area contributed by atoms with Crippen LogP contribution in [0.5, 0.6) is 0 Å². The zero-order valence-electron chi connectivity index (χ0n) is 8.16. The van der Waals surface area contributed by atoms with Crippen molar-refractivity contribution in [1.82, 2.24) is 0 Å². The maximum Gasteiger partial charge on any atom is 0.200 e. The van der Waals surface area contributed by atoms with Gasteiger partial charge in [0.05, 0.1) is 0 Å². The molecule has 0 saturated heterocycles. The van der Waals surface area contributed by atoms with Gasteiger partial charge in [0, 0.05) is 13.0 Å². The van der Waals surface area contributed by atoms with Gasteiger partial charge in [-0.1, -0.05) is 13.8 Å². The van der Waals surface area contributed by atoms with Crippen LogP contribution in [0.4, 0.5) is 0 Å². The average molecular weight is 182 g/mol. The minimum Gasteiger partial charge on any atom is -0.456 e. The second-order valence-corrected chi connectivity index (χ2v) is 3.22. The molecule has 0 fully saturated rings. The van der Waals surface area contributed by atoms with E-state index < -0.39 is 0 Å². The van der Waals surface area contributed by atoms with E-state index in [0.29, 0.717) is 18.1 Å². The van der Waals surface area contributed by atoms with E-state index in [0.717, 1.165) is 0 Å². The van der Waals surface area contributed by atoms with Crippen LogP contribution in [0.25, 0.3) is 0 Å². The Bertz CT molecular complexity index is 286. The smallest absolute Gasteiger partial charge is 0.200 e. The van der Waals surface area contributed by atoms with E-state index in [1.807, 2.05) is 13.8 Å². The second-order valence-electron chi connectivity index (χ2n) is 3.22. The van der Waals surface area contributed by atoms with Crippen molar-refractivity contribution in [2.24, 2.45) is 5.92 Å². The number of rotatable bonds is 4. The number of ether oxygens (including phenoxy) is 1. The molecular weight excluding hydrogens is 168 g/mol. The van der Waals surface area contributed by atoms with Crippen molar-refractivity contribution in [2.45, 2.75) is 20.5 Å². The number of ketones is 1. The lowest BCUT2D eigenvalue weighted by Gasteiger charge is -1.99. The summed E-state index contributed by atoms with van der Waals surface area (Å²) in [7, 11) is 1.59. The molecule has 0 amide bonds. The topological polar surface area (TPSA) is 39.4 Å². The van der Waals surface area contributed by atoms with Gasteiger partial charge in [-0.05, 0) is 12.1 Å². The highest BCUT2D eigenvalue weighted by Crippen LogP contribution is 2.13. The number of carbonyl (C=O) groups excluding carboxylic acids is 1. The summed E-state index contributed by atoms with van der Waals surface area (Å²) in [6, 6.07) is 3.45. The molecule has 0 unspecified atom stereocenters. The minimum absolute atomic E-state index is 0.0263. The van der Waals surface area contributed by atoms with Crippen LogP contribution in [-0.2, 0) is 11.3 Å². The Morgan fingerprint density at radius 2 is 2.23 bits per heavy atom. The Hall–Kier alpha value is -1.09. The van der Waals surface area contributed by atoms with Gasteiger partial charge in [-0.3, -0.25) is 4.79 Å². The van der Waals surface area contributed by atoms with E-state index in [1.165, 1.54) is 0 Å². The van der Waals surface area contributed by atoms with Gasteiger partial charge in [-0.2, -0.15) is 0 Å². The molecule has 0 spiro atoms. The minimum atomic E-state index is -0.0263. The summed E-state index contributed by atoms with van der Waals surface area (Å²) in [5.41, 5.74) is 0. The number of carbonyl (C=O) groups is 1. The fourth-order valence-corrected chi connectivity index (χ4v) is 1.01. The second kappa shape index (κ2) is 4.23. The van der Waals surface area contributed by atoms with Crippen LogP contribution in [0.1, 0.15) is 30.2 Å². The normalized spacial score (nSPS) is 10.8. The van der Waals surface area contributed by atoms with Crippen molar-refractivity contribution >= 4 is 5.78 Å². The number of furan rings is 1. The van der Waals surface area contributed by atoms with Gasteiger partial charge in [0.2, 0.25) is 5.78 Å². The first-order chi connectivity index (χ1) is 6.15. The molecule has 0 aromatic carbocycles. The van der Waals surface area contributed by atoms with Crippen molar-refractivity contribution in [1.29, 1.82) is 0 Å². The van der Waals surface area contributed by atoms with Crippen molar-refractivity contribution < 1.29 is 13.9 Å². The van der Waals surface area contributed by atoms with Crippen LogP contribution in [0.3, 0.4) is 0 Å². The summed E-state index contributed by atoms with van der Waals surface area (Å²) in [6.07, 6.45) is 0. The largest absolute Gasteiger partial charge is 0.456 e. The average Bonchev–Trinajstić information content (AvgIpc) is 2.52. The Labute approximate surface area is 77.7 Å². The Balaban J connectivity index is 2.73. The molecule has 3 nitrogen and oxygen atoms in total. The lowest BCUT2D eigenvalue weighted by molar-refractivity contribution is 0.0902. The molecule has 0 saturated carbocycles. The molecule has 0 aliphatic carbocycles. The van der Waals surface area contributed by atoms with Crippen molar-refractivity contribution in [2.75, 3.05) is 7.11 Å². The van der Waals surface area contributed by atoms with Crippen LogP contribution >= 0.6 is 0 Å². The van der Waals surface area contributed by atoms with E-state index in [2.05, 4.69) is 0 Å². The van der Waals surface area contributed by atoms with Gasteiger partial charge >= 0.3 is 0 Å². The Morgan fingerprint density at radius 1 is 1.54 bits per heavy atom. The van der Waals surface area contributed by atoms with Gasteiger partial charge in [-0.25, -0.2) is 0 Å². The zero-order valence-corrected chi connectivity index (χ0v) is 8.16. The van der Waals surface area contributed by atoms with Crippen LogP contribution in [0.15, 0.2) is 16.5 Å². The Morgan fingerprint density at radius 3 is 2.77 bits per heavy atom. The van der Waals surface area contributed by atoms with E-state index in [-0.39, 0.29) is 11.7 Å². The first kappa shape index (κ1) is 9.99. The molecule has 0 bridgehead atoms. The van der Waals surface area contributed by atoms with Crippen molar-refractivity contribution in [3.63, 3.8) is 0 Å². The monoisotopic (exact) mass is 182 g/mol. The van der Waals surface area contributed by atoms with Crippen molar-refractivity contribution in [3.05, 3.63) is 23.7 Å². The van der Waals surface area contributed by atoms with E-state index in [4.69, 9.17) is 9.15 Å². The molecule has 0 aliphatic heterocycles. The number of Topliss-reactive ketones (excluding diaryl/α,β-unsaturated/α-hetero) is 1. The maximum absolute atomic E-state index is 11.4. The lowest BCUT2D eigenvalue weighted by atomic mass is 10.1. The molecule has 1 rings (SSSR count). The number of hydrogen-bond donors (Lipinski definition) is 0. The molecule has 1 heterocycles. The van der Waals surface area contributed by atoms with Gasteiger partial charge in [0.25, 0.3) is 0 Å². The van der Waals surface area contributed by atoms with Crippen LogP contribution in [0, 0.1) is 5.92 Å². The summed E-state index contributed by atoms with van der Waals surface area (Å²) in [5, 5.41) is 0. The maximum atomic E-state index is 11.4. The molecule has 0 radical (unpaired) electrons. The molecule has 72 valence electrons. The van der Waals surface area contributed by atoms with Gasteiger partial charge in [-0.15, -0.1) is 0 Å². The van der Waals surface area contributed by atoms with Gasteiger partial charge in [0.15, 0.2) is 5.76 Å². The summed E-state index contributed by atoms with van der Waals surface area (Å²) >= 11 is 0. The molecule has 0 aliphatic rings. The summed E-state index contributed by atoms with van der Waals surface area (Å²) in [5.74, 6) is 1.11. The molecule has 13 heavy (non-hydrogen) atoms. The van der Waals surface area contributed by atoms with E-state index in [1.54, 1.807) is 19.2 Å². The highest BCUT2D eigenvalue weighted by molar-refractivity contribution is 5.94. The summed E-state index contributed by atoms with van der Waals surface area (Å²) in [6.45, 7) is 4.10. The number of methoxy groups -OCH3 is 1. The molecule has 1 aromatic rings. The number of hydrogen-bond acceptors (Lipinski definition) is 3. The molecule has 0 atom stereocenters. The Kier molecular flexibility index (Phi) is 3.25.